The van der Waals surface area contributed by atoms with E-state index in [1.54, 1.807) is 12.1 Å². The van der Waals surface area contributed by atoms with Crippen molar-refractivity contribution in [2.45, 2.75) is 13.1 Å². The number of carbonyl (C=O) groups excluding carboxylic acids is 1. The topological polar surface area (TPSA) is 26.3 Å². The van der Waals surface area contributed by atoms with E-state index in [-0.39, 0.29) is 5.59 Å². The Morgan fingerprint density at radius 3 is 2.33 bits per heavy atom. The summed E-state index contributed by atoms with van der Waals surface area (Å²) in [4.78, 5) is 11.1. The Labute approximate surface area is 73.8 Å². The van der Waals surface area contributed by atoms with Gasteiger partial charge in [-0.05, 0) is 12.1 Å². The summed E-state index contributed by atoms with van der Waals surface area (Å²) < 4.78 is 5.08. The molecule has 2 nitrogen and oxygen atoms in total. The first-order valence-electron chi connectivity index (χ1n) is 3.77. The number of carbonyl (C=O) groups is 1. The molecule has 0 amide bonds. The van der Waals surface area contributed by atoms with E-state index in [9.17, 15) is 4.79 Å². The zero-order valence-electron chi connectivity index (χ0n) is 7.20. The zero-order valence-corrected chi connectivity index (χ0v) is 8.20. The van der Waals surface area contributed by atoms with Crippen molar-refractivity contribution in [3.8, 4) is 5.75 Å². The summed E-state index contributed by atoms with van der Waals surface area (Å²) in [6, 6.07) is 9.15. The third-order valence-electron chi connectivity index (χ3n) is 1.36. The fraction of sp³-hybridized carbons (Fsp3) is 0.222. The molecule has 0 aromatic heterocycles. The molecule has 1 aromatic rings. The predicted molar refractivity (Wildman–Crippen MR) is 49.9 cm³/mol. The lowest BCUT2D eigenvalue weighted by Gasteiger charge is -2.04. The van der Waals surface area contributed by atoms with E-state index in [1.807, 2.05) is 31.3 Å². The molecule has 1 rings (SSSR count). The molecule has 0 atom stereocenters. The van der Waals surface area contributed by atoms with E-state index in [2.05, 4.69) is 0 Å². The van der Waals surface area contributed by atoms with Crippen LogP contribution in [0.2, 0.25) is 13.1 Å². The Hall–Kier alpha value is -1.09. The second kappa shape index (κ2) is 4.06. The Kier molecular flexibility index (Phi) is 3.05. The van der Waals surface area contributed by atoms with Crippen LogP contribution in [0.15, 0.2) is 30.3 Å². The number of benzene rings is 1. The smallest absolute Gasteiger partial charge is 0.274 e. The molecule has 0 aliphatic rings. The molecule has 0 bridgehead atoms. The largest absolute Gasteiger partial charge is 0.431 e. The molecule has 0 spiro atoms. The van der Waals surface area contributed by atoms with Crippen molar-refractivity contribution in [1.29, 1.82) is 0 Å². The van der Waals surface area contributed by atoms with Crippen LogP contribution in [0.1, 0.15) is 0 Å². The van der Waals surface area contributed by atoms with Gasteiger partial charge in [-0.2, -0.15) is 0 Å². The highest BCUT2D eigenvalue weighted by molar-refractivity contribution is 6.86. The fourth-order valence-corrected chi connectivity index (χ4v) is 1.02. The number of rotatable bonds is 2. The van der Waals surface area contributed by atoms with E-state index in [0.29, 0.717) is 5.75 Å². The summed E-state index contributed by atoms with van der Waals surface area (Å²) in [5.41, 5.74) is -0.0915. The van der Waals surface area contributed by atoms with Gasteiger partial charge in [0.05, 0.1) is 0 Å². The third-order valence-corrected chi connectivity index (χ3v) is 2.28. The van der Waals surface area contributed by atoms with Crippen LogP contribution < -0.4 is 4.74 Å². The van der Waals surface area contributed by atoms with E-state index in [1.165, 1.54) is 0 Å². The van der Waals surface area contributed by atoms with Crippen molar-refractivity contribution in [1.82, 2.24) is 0 Å². The fourth-order valence-electron chi connectivity index (χ4n) is 0.698. The van der Waals surface area contributed by atoms with Crippen LogP contribution in [0.4, 0.5) is 4.79 Å². The average Bonchev–Trinajstić information content (AvgIpc) is 2.06. The van der Waals surface area contributed by atoms with Gasteiger partial charge in [-0.15, -0.1) is 0 Å². The number of ether oxygens (including phenoxy) is 1. The molecular formula is C9H11O2Si. The maximum atomic E-state index is 11.1. The molecule has 0 N–H and O–H groups in total. The van der Waals surface area contributed by atoms with Crippen molar-refractivity contribution < 1.29 is 9.53 Å². The zero-order chi connectivity index (χ0) is 8.97. The van der Waals surface area contributed by atoms with Gasteiger partial charge in [0.25, 0.3) is 5.59 Å². The molecular weight excluding hydrogens is 168 g/mol. The van der Waals surface area contributed by atoms with Crippen molar-refractivity contribution in [2.75, 3.05) is 0 Å². The summed E-state index contributed by atoms with van der Waals surface area (Å²) in [5.74, 6) is 0.633. The van der Waals surface area contributed by atoms with Gasteiger partial charge in [-0.25, -0.2) is 0 Å². The summed E-state index contributed by atoms with van der Waals surface area (Å²) >= 11 is 0. The van der Waals surface area contributed by atoms with Gasteiger partial charge in [0.1, 0.15) is 5.75 Å². The van der Waals surface area contributed by atoms with Gasteiger partial charge < -0.3 is 4.74 Å². The van der Waals surface area contributed by atoms with E-state index < -0.39 is 8.80 Å². The van der Waals surface area contributed by atoms with E-state index in [4.69, 9.17) is 4.74 Å². The van der Waals surface area contributed by atoms with E-state index >= 15 is 0 Å². The maximum absolute atomic E-state index is 11.1. The first-order chi connectivity index (χ1) is 5.70. The van der Waals surface area contributed by atoms with E-state index in [0.717, 1.165) is 0 Å². The van der Waals surface area contributed by atoms with Gasteiger partial charge in [0.2, 0.25) is 0 Å². The van der Waals surface area contributed by atoms with Gasteiger partial charge in [0.15, 0.2) is 8.80 Å². The molecule has 0 heterocycles. The van der Waals surface area contributed by atoms with Gasteiger partial charge >= 0.3 is 0 Å². The van der Waals surface area contributed by atoms with Crippen LogP contribution >= 0.6 is 0 Å². The first kappa shape index (κ1) is 9.00. The molecule has 0 saturated carbocycles. The minimum Gasteiger partial charge on any atom is -0.431 e. The van der Waals surface area contributed by atoms with Gasteiger partial charge in [0, 0.05) is 0 Å². The predicted octanol–water partition coefficient (Wildman–Crippen LogP) is 2.52. The highest BCUT2D eigenvalue weighted by Crippen LogP contribution is 2.09. The summed E-state index contributed by atoms with van der Waals surface area (Å²) in [5, 5.41) is 0. The van der Waals surface area contributed by atoms with Gasteiger partial charge in [-0.3, -0.25) is 4.79 Å². The maximum Gasteiger partial charge on any atom is 0.274 e. The third kappa shape index (κ3) is 2.51. The lowest BCUT2D eigenvalue weighted by atomic mass is 10.3. The molecule has 0 fully saturated rings. The number of hydrogen-bond acceptors (Lipinski definition) is 2. The highest BCUT2D eigenvalue weighted by Gasteiger charge is 2.10. The van der Waals surface area contributed by atoms with Crippen LogP contribution in [0.5, 0.6) is 5.75 Å². The minimum absolute atomic E-state index is 0.0915. The molecule has 0 unspecified atom stereocenters. The van der Waals surface area contributed by atoms with Crippen molar-refractivity contribution >= 4 is 14.4 Å². The highest BCUT2D eigenvalue weighted by atomic mass is 28.3. The molecule has 0 aliphatic carbocycles. The Balaban J connectivity index is 2.59. The molecule has 3 heteroatoms. The molecule has 0 saturated heterocycles. The van der Waals surface area contributed by atoms with Crippen molar-refractivity contribution in [3.63, 3.8) is 0 Å². The monoisotopic (exact) mass is 179 g/mol. The standard InChI is InChI=1S/C9H11O2Si/c1-12(2)9(10)11-8-6-4-3-5-7-8/h3-7H,1-2H3. The average molecular weight is 179 g/mol. The summed E-state index contributed by atoms with van der Waals surface area (Å²) in [6.07, 6.45) is 0. The number of para-hydroxylation sites is 1. The second-order valence-corrected chi connectivity index (χ2v) is 5.11. The van der Waals surface area contributed by atoms with Crippen LogP contribution in [-0.4, -0.2) is 14.4 Å². The Morgan fingerprint density at radius 2 is 1.83 bits per heavy atom. The Bertz CT molecular complexity index is 256. The normalized spacial score (nSPS) is 9.92. The summed E-state index contributed by atoms with van der Waals surface area (Å²) in [7, 11) is -0.971. The van der Waals surface area contributed by atoms with Crippen LogP contribution in [-0.2, 0) is 0 Å². The quantitative estimate of drug-likeness (QED) is 0.652. The van der Waals surface area contributed by atoms with Crippen LogP contribution in [0, 0.1) is 0 Å². The lowest BCUT2D eigenvalue weighted by molar-refractivity contribution is 0.224. The Morgan fingerprint density at radius 1 is 1.25 bits per heavy atom. The second-order valence-electron chi connectivity index (χ2n) is 2.70. The molecule has 0 aliphatic heterocycles. The van der Waals surface area contributed by atoms with Crippen LogP contribution in [0.25, 0.3) is 0 Å². The summed E-state index contributed by atoms with van der Waals surface area (Å²) in [6.45, 7) is 3.83. The number of hydrogen-bond donors (Lipinski definition) is 0. The lowest BCUT2D eigenvalue weighted by Crippen LogP contribution is -2.21. The molecule has 12 heavy (non-hydrogen) atoms. The van der Waals surface area contributed by atoms with Crippen molar-refractivity contribution in [2.24, 2.45) is 0 Å². The SMILES string of the molecule is C[Si](C)C(=O)Oc1ccccc1. The molecule has 1 aromatic carbocycles. The van der Waals surface area contributed by atoms with Crippen LogP contribution in [0.3, 0.4) is 0 Å². The van der Waals surface area contributed by atoms with Crippen molar-refractivity contribution in [3.05, 3.63) is 30.3 Å². The first-order valence-corrected chi connectivity index (χ1v) is 6.27. The minimum atomic E-state index is -0.971. The molecule has 1 radical (unpaired) electrons. The van der Waals surface area contributed by atoms with Gasteiger partial charge in [-0.1, -0.05) is 31.3 Å². The molecule has 63 valence electrons.